The van der Waals surface area contributed by atoms with Gasteiger partial charge < -0.3 is 5.32 Å². The van der Waals surface area contributed by atoms with Crippen molar-refractivity contribution < 1.29 is 30.8 Å². The SMILES string of the molecule is NS(=O)(=O)c1nn2c(-c3ccc(Cl)cc3F)c(-c3ccccc3Cl)cnc2c1C(=O)NCC(F)(F)F. The molecule has 0 saturated heterocycles. The number of aromatic nitrogens is 3. The monoisotopic (exact) mass is 561 g/mol. The Kier molecular flexibility index (Phi) is 6.68. The van der Waals surface area contributed by atoms with Gasteiger partial charge in [-0.25, -0.2) is 27.4 Å². The molecule has 0 aliphatic rings. The second-order valence-corrected chi connectivity index (χ2v) is 9.70. The first-order valence-corrected chi connectivity index (χ1v) is 12.1. The lowest BCUT2D eigenvalue weighted by molar-refractivity contribution is -0.123. The van der Waals surface area contributed by atoms with Crippen molar-refractivity contribution in [3.63, 3.8) is 0 Å². The fourth-order valence-electron chi connectivity index (χ4n) is 3.45. The minimum absolute atomic E-state index is 0.0544. The predicted molar refractivity (Wildman–Crippen MR) is 124 cm³/mol. The van der Waals surface area contributed by atoms with E-state index in [9.17, 15) is 26.4 Å². The van der Waals surface area contributed by atoms with Crippen LogP contribution in [0.1, 0.15) is 10.4 Å². The minimum atomic E-state index is -4.79. The van der Waals surface area contributed by atoms with Crippen LogP contribution in [0.25, 0.3) is 28.0 Å². The van der Waals surface area contributed by atoms with Crippen molar-refractivity contribution in [3.8, 4) is 22.4 Å². The number of nitrogens with zero attached hydrogens (tertiary/aromatic N) is 3. The molecule has 4 rings (SSSR count). The Morgan fingerprint density at radius 3 is 2.39 bits per heavy atom. The summed E-state index contributed by atoms with van der Waals surface area (Å²) in [6.07, 6.45) is -3.63. The molecule has 0 bridgehead atoms. The molecule has 15 heteroatoms. The van der Waals surface area contributed by atoms with E-state index >= 15 is 4.39 Å². The number of benzene rings is 2. The highest BCUT2D eigenvalue weighted by Crippen LogP contribution is 2.38. The molecule has 4 aromatic rings. The summed E-state index contributed by atoms with van der Waals surface area (Å²) in [5.74, 6) is -2.30. The summed E-state index contributed by atoms with van der Waals surface area (Å²) in [6, 6.07) is 9.99. The van der Waals surface area contributed by atoms with Crippen LogP contribution in [0.5, 0.6) is 0 Å². The number of nitrogens with one attached hydrogen (secondary N) is 1. The molecule has 1 amide bonds. The van der Waals surface area contributed by atoms with Crippen LogP contribution in [0.15, 0.2) is 53.7 Å². The van der Waals surface area contributed by atoms with Gasteiger partial charge >= 0.3 is 6.18 Å². The highest BCUT2D eigenvalue weighted by atomic mass is 35.5. The van der Waals surface area contributed by atoms with Crippen molar-refractivity contribution in [3.05, 3.63) is 70.1 Å². The molecule has 2 aromatic carbocycles. The fraction of sp³-hybridized carbons (Fsp3) is 0.0952. The lowest BCUT2D eigenvalue weighted by Crippen LogP contribution is -2.34. The number of carbonyl (C=O) groups is 1. The van der Waals surface area contributed by atoms with Gasteiger partial charge in [-0.2, -0.15) is 18.3 Å². The summed E-state index contributed by atoms with van der Waals surface area (Å²) >= 11 is 12.2. The molecular formula is C21H13Cl2F4N5O3S. The Balaban J connectivity index is 2.10. The third kappa shape index (κ3) is 5.00. The van der Waals surface area contributed by atoms with Crippen LogP contribution in [0, 0.1) is 5.82 Å². The van der Waals surface area contributed by atoms with Crippen molar-refractivity contribution in [1.82, 2.24) is 19.9 Å². The van der Waals surface area contributed by atoms with Crippen LogP contribution < -0.4 is 10.5 Å². The molecule has 36 heavy (non-hydrogen) atoms. The maximum absolute atomic E-state index is 15.1. The Bertz CT molecular complexity index is 1620. The summed E-state index contributed by atoms with van der Waals surface area (Å²) in [5.41, 5.74) is -1.08. The Morgan fingerprint density at radius 2 is 1.78 bits per heavy atom. The summed E-state index contributed by atoms with van der Waals surface area (Å²) in [5, 5.41) is 9.86. The van der Waals surface area contributed by atoms with Gasteiger partial charge in [-0.15, -0.1) is 0 Å². The van der Waals surface area contributed by atoms with Crippen LogP contribution in [0.4, 0.5) is 17.6 Å². The number of hydrogen-bond acceptors (Lipinski definition) is 5. The van der Waals surface area contributed by atoms with Crippen molar-refractivity contribution >= 4 is 44.8 Å². The van der Waals surface area contributed by atoms with Crippen molar-refractivity contribution in [2.75, 3.05) is 6.54 Å². The molecule has 0 unspecified atom stereocenters. The zero-order valence-corrected chi connectivity index (χ0v) is 20.0. The molecule has 0 atom stereocenters. The highest BCUT2D eigenvalue weighted by molar-refractivity contribution is 7.89. The number of hydrogen-bond donors (Lipinski definition) is 2. The summed E-state index contributed by atoms with van der Waals surface area (Å²) in [7, 11) is -4.75. The number of alkyl halides is 3. The first kappa shape index (κ1) is 25.8. The minimum Gasteiger partial charge on any atom is -0.343 e. The van der Waals surface area contributed by atoms with Gasteiger partial charge in [0.15, 0.2) is 5.65 Å². The average molecular weight is 562 g/mol. The van der Waals surface area contributed by atoms with Crippen molar-refractivity contribution in [1.29, 1.82) is 0 Å². The topological polar surface area (TPSA) is 119 Å². The molecule has 0 saturated carbocycles. The molecule has 2 aromatic heterocycles. The normalized spacial score (nSPS) is 12.2. The van der Waals surface area contributed by atoms with E-state index in [1.54, 1.807) is 23.5 Å². The Labute approximate surface area is 210 Å². The quantitative estimate of drug-likeness (QED) is 0.349. The molecule has 0 spiro atoms. The molecule has 188 valence electrons. The summed E-state index contributed by atoms with van der Waals surface area (Å²) in [6.45, 7) is -1.76. The van der Waals surface area contributed by atoms with Gasteiger partial charge in [0.25, 0.3) is 15.9 Å². The molecule has 0 fully saturated rings. The van der Waals surface area contributed by atoms with E-state index in [2.05, 4.69) is 10.1 Å². The summed E-state index contributed by atoms with van der Waals surface area (Å²) < 4.78 is 78.5. The maximum Gasteiger partial charge on any atom is 0.405 e. The molecule has 0 aliphatic carbocycles. The lowest BCUT2D eigenvalue weighted by Gasteiger charge is -2.14. The van der Waals surface area contributed by atoms with Crippen LogP contribution in [-0.2, 0) is 10.0 Å². The van der Waals surface area contributed by atoms with E-state index in [1.165, 1.54) is 18.2 Å². The molecule has 2 heterocycles. The highest BCUT2D eigenvalue weighted by Gasteiger charge is 2.33. The number of fused-ring (bicyclic) bond motifs is 1. The third-order valence-corrected chi connectivity index (χ3v) is 6.30. The number of rotatable bonds is 5. The maximum atomic E-state index is 15.1. The van der Waals surface area contributed by atoms with Crippen LogP contribution in [-0.4, -0.2) is 41.6 Å². The second-order valence-electron chi connectivity index (χ2n) is 7.38. The predicted octanol–water partition coefficient (Wildman–Crippen LogP) is 4.45. The molecular weight excluding hydrogens is 549 g/mol. The number of primary sulfonamides is 1. The van der Waals surface area contributed by atoms with E-state index in [4.69, 9.17) is 28.3 Å². The van der Waals surface area contributed by atoms with Gasteiger partial charge in [-0.3, -0.25) is 4.79 Å². The number of carbonyl (C=O) groups excluding carboxylic acids is 1. The first-order chi connectivity index (χ1) is 16.8. The molecule has 0 radical (unpaired) electrons. The van der Waals surface area contributed by atoms with E-state index in [0.717, 1.165) is 16.8 Å². The van der Waals surface area contributed by atoms with Gasteiger partial charge in [-0.05, 0) is 24.3 Å². The largest absolute Gasteiger partial charge is 0.405 e. The first-order valence-electron chi connectivity index (χ1n) is 9.77. The second kappa shape index (κ2) is 9.32. The lowest BCUT2D eigenvalue weighted by atomic mass is 10.00. The number of nitrogens with two attached hydrogens (primary N) is 1. The summed E-state index contributed by atoms with van der Waals surface area (Å²) in [4.78, 5) is 16.7. The van der Waals surface area contributed by atoms with E-state index < -0.39 is 50.7 Å². The third-order valence-electron chi connectivity index (χ3n) is 4.91. The van der Waals surface area contributed by atoms with Crippen LogP contribution in [0.2, 0.25) is 10.0 Å². The zero-order chi connectivity index (χ0) is 26.4. The average Bonchev–Trinajstić information content (AvgIpc) is 3.18. The number of amides is 1. The van der Waals surface area contributed by atoms with Crippen LogP contribution >= 0.6 is 23.2 Å². The van der Waals surface area contributed by atoms with E-state index in [-0.39, 0.29) is 26.9 Å². The van der Waals surface area contributed by atoms with Gasteiger partial charge in [0, 0.05) is 32.9 Å². The van der Waals surface area contributed by atoms with Gasteiger partial charge in [-0.1, -0.05) is 41.4 Å². The van der Waals surface area contributed by atoms with Gasteiger partial charge in [0.1, 0.15) is 17.9 Å². The van der Waals surface area contributed by atoms with Crippen molar-refractivity contribution in [2.24, 2.45) is 5.14 Å². The molecule has 3 N–H and O–H groups in total. The van der Waals surface area contributed by atoms with E-state index in [1.807, 2.05) is 0 Å². The van der Waals surface area contributed by atoms with Crippen molar-refractivity contribution in [2.45, 2.75) is 11.2 Å². The molecule has 8 nitrogen and oxygen atoms in total. The Morgan fingerprint density at radius 1 is 1.08 bits per heavy atom. The Hall–Kier alpha value is -3.26. The molecule has 0 aliphatic heterocycles. The smallest absolute Gasteiger partial charge is 0.343 e. The van der Waals surface area contributed by atoms with Gasteiger partial charge in [0.2, 0.25) is 5.03 Å². The van der Waals surface area contributed by atoms with Crippen LogP contribution in [0.3, 0.4) is 0 Å². The van der Waals surface area contributed by atoms with E-state index in [0.29, 0.717) is 5.56 Å². The standard InChI is InChI=1S/C21H13Cl2F4N5O3S/c22-10-5-6-12(15(24)7-10)17-13(11-3-1-2-4-14(11)23)8-29-18-16(19(33)30-9-21(25,26)27)20(31-32(17)18)36(28,34)35/h1-8H,9H2,(H,30,33)(H2,28,34,35). The van der Waals surface area contributed by atoms with Gasteiger partial charge in [0.05, 0.1) is 5.69 Å². The fourth-order valence-corrected chi connectivity index (χ4v) is 4.51. The number of sulfonamides is 1. The zero-order valence-electron chi connectivity index (χ0n) is 17.6. The number of halogens is 6.